The second-order valence-electron chi connectivity index (χ2n) is 8.98. The Morgan fingerprint density at radius 1 is 0.957 bits per heavy atom. The van der Waals surface area contributed by atoms with E-state index in [9.17, 15) is 0 Å². The van der Waals surface area contributed by atoms with Crippen LogP contribution in [0.3, 0.4) is 0 Å². The molecule has 0 unspecified atom stereocenters. The molecule has 0 fully saturated rings. The Balaban J connectivity index is 2.89. The fourth-order valence-electron chi connectivity index (χ4n) is 4.08. The number of hydrogen-bond donors (Lipinski definition) is 0. The average Bonchev–Trinajstić information content (AvgIpc) is 2.89. The molecule has 0 atom stereocenters. The van der Waals surface area contributed by atoms with Crippen LogP contribution in [0, 0.1) is 0 Å². The molecule has 1 nitrogen and oxygen atoms in total. The lowest BCUT2D eigenvalue weighted by Gasteiger charge is -2.47. The molecule has 0 saturated heterocycles. The van der Waals surface area contributed by atoms with Crippen LogP contribution in [0.4, 0.5) is 0 Å². The van der Waals surface area contributed by atoms with E-state index < -0.39 is 14.4 Å². The normalized spacial score (nSPS) is 13.7. The number of hydrogen-bond acceptors (Lipinski definition) is 0. The van der Waals surface area contributed by atoms with Crippen molar-refractivity contribution >= 4 is 30.9 Å². The van der Waals surface area contributed by atoms with E-state index in [4.69, 9.17) is 0 Å². The molecule has 0 amide bonds. The standard InChI is InChI=1S/C20H35BNSi/c1-9-21(10-2,11-3)19-16-17-14-12-13-15-18(17)22(19)23(7,8)20(4,5)6/h12-16H,9-11H2,1-8H3/q-1. The maximum atomic E-state index is 2.82. The van der Waals surface area contributed by atoms with Gasteiger partial charge >= 0.3 is 0 Å². The van der Waals surface area contributed by atoms with Crippen molar-refractivity contribution in [3.05, 3.63) is 30.3 Å². The third kappa shape index (κ3) is 2.82. The lowest BCUT2D eigenvalue weighted by atomic mass is 9.19. The van der Waals surface area contributed by atoms with E-state index in [-0.39, 0.29) is 0 Å². The summed E-state index contributed by atoms with van der Waals surface area (Å²) in [5.74, 6) is 0. The van der Waals surface area contributed by atoms with Crippen LogP contribution in [0.2, 0.25) is 37.1 Å². The maximum Gasteiger partial charge on any atom is 0.156 e. The Morgan fingerprint density at radius 3 is 1.96 bits per heavy atom. The first-order chi connectivity index (χ1) is 10.6. The van der Waals surface area contributed by atoms with Crippen LogP contribution in [-0.4, -0.2) is 18.6 Å². The Hall–Kier alpha value is -0.958. The summed E-state index contributed by atoms with van der Waals surface area (Å²) in [4.78, 5) is 0. The van der Waals surface area contributed by atoms with Gasteiger partial charge in [0.15, 0.2) is 8.24 Å². The molecule has 0 N–H and O–H groups in total. The van der Waals surface area contributed by atoms with Crippen molar-refractivity contribution in [2.24, 2.45) is 0 Å². The summed E-state index contributed by atoms with van der Waals surface area (Å²) in [6, 6.07) is 11.5. The van der Waals surface area contributed by atoms with Gasteiger partial charge in [-0.2, -0.15) is 24.6 Å². The van der Waals surface area contributed by atoms with Crippen molar-refractivity contribution in [3.8, 4) is 0 Å². The molecule has 2 rings (SSSR count). The van der Waals surface area contributed by atoms with Gasteiger partial charge in [0.05, 0.1) is 0 Å². The number of fused-ring (bicyclic) bond motifs is 1. The summed E-state index contributed by atoms with van der Waals surface area (Å²) in [5, 5.41) is 1.76. The van der Waals surface area contributed by atoms with Crippen LogP contribution in [0.15, 0.2) is 30.3 Å². The lowest BCUT2D eigenvalue weighted by molar-refractivity contribution is 0.704. The second-order valence-corrected chi connectivity index (χ2v) is 14.0. The lowest BCUT2D eigenvalue weighted by Crippen LogP contribution is -2.58. The number of para-hydroxylation sites is 1. The van der Waals surface area contributed by atoms with Crippen molar-refractivity contribution in [2.45, 2.75) is 78.6 Å². The molecule has 2 aromatic rings. The Kier molecular flexibility index (Phi) is 4.92. The second kappa shape index (κ2) is 6.16. The third-order valence-corrected chi connectivity index (χ3v) is 12.4. The number of rotatable bonds is 5. The fraction of sp³-hybridized carbons (Fsp3) is 0.600. The van der Waals surface area contributed by atoms with Crippen LogP contribution in [0.1, 0.15) is 41.5 Å². The summed E-state index contributed by atoms with van der Waals surface area (Å²) < 4.78 is 2.82. The molecule has 0 radical (unpaired) electrons. The predicted octanol–water partition coefficient (Wildman–Crippen LogP) is 6.21. The highest BCUT2D eigenvalue weighted by atomic mass is 28.3. The van der Waals surface area contributed by atoms with Crippen LogP contribution in [0.5, 0.6) is 0 Å². The highest BCUT2D eigenvalue weighted by Gasteiger charge is 2.40. The van der Waals surface area contributed by atoms with Gasteiger partial charge in [0, 0.05) is 11.7 Å². The predicted molar refractivity (Wildman–Crippen MR) is 111 cm³/mol. The molecule has 23 heavy (non-hydrogen) atoms. The summed E-state index contributed by atoms with van der Waals surface area (Å²) in [6.45, 7) is 19.5. The largest absolute Gasteiger partial charge is 0.407 e. The first-order valence-corrected chi connectivity index (χ1v) is 12.4. The van der Waals surface area contributed by atoms with E-state index in [1.54, 1.807) is 5.59 Å². The first-order valence-electron chi connectivity index (χ1n) is 9.46. The Bertz CT molecular complexity index is 666. The van der Waals surface area contributed by atoms with Gasteiger partial charge in [-0.25, -0.2) is 0 Å². The molecule has 0 aliphatic rings. The maximum absolute atomic E-state index is 2.82. The van der Waals surface area contributed by atoms with E-state index in [1.165, 1.54) is 29.9 Å². The smallest absolute Gasteiger partial charge is 0.156 e. The van der Waals surface area contributed by atoms with Gasteiger partial charge in [-0.05, 0) is 16.5 Å². The van der Waals surface area contributed by atoms with Crippen LogP contribution >= 0.6 is 0 Å². The molecule has 0 spiro atoms. The number of nitrogens with zero attached hydrogens (tertiary/aromatic N) is 1. The van der Waals surface area contributed by atoms with Gasteiger partial charge in [0.25, 0.3) is 0 Å². The highest BCUT2D eigenvalue weighted by Crippen LogP contribution is 2.39. The monoisotopic (exact) mass is 328 g/mol. The van der Waals surface area contributed by atoms with Crippen molar-refractivity contribution in [1.82, 2.24) is 4.23 Å². The molecule has 3 heteroatoms. The Labute approximate surface area is 144 Å². The topological polar surface area (TPSA) is 4.93 Å². The summed E-state index contributed by atoms with van der Waals surface area (Å²) in [5.41, 5.74) is 3.10. The van der Waals surface area contributed by atoms with Gasteiger partial charge in [-0.15, -0.1) is 0 Å². The minimum Gasteiger partial charge on any atom is -0.407 e. The van der Waals surface area contributed by atoms with E-state index >= 15 is 0 Å². The molecule has 0 aliphatic heterocycles. The molecule has 1 heterocycles. The molecular formula is C20H35BNSi-. The van der Waals surface area contributed by atoms with Crippen LogP contribution in [0.25, 0.3) is 10.9 Å². The fourth-order valence-corrected chi connectivity index (χ4v) is 6.54. The van der Waals surface area contributed by atoms with Crippen LogP contribution < -0.4 is 5.59 Å². The zero-order chi connectivity index (χ0) is 17.5. The van der Waals surface area contributed by atoms with Gasteiger partial charge in [-0.1, -0.05) is 78.9 Å². The minimum absolute atomic E-state index is 0.334. The zero-order valence-electron chi connectivity index (χ0n) is 16.5. The summed E-state index contributed by atoms with van der Waals surface area (Å²) in [7, 11) is -1.66. The third-order valence-electron chi connectivity index (χ3n) is 7.11. The molecule has 0 bridgehead atoms. The van der Waals surface area contributed by atoms with Crippen molar-refractivity contribution in [1.29, 1.82) is 0 Å². The number of aromatic nitrogens is 1. The van der Waals surface area contributed by atoms with E-state index in [1.807, 2.05) is 0 Å². The van der Waals surface area contributed by atoms with Gasteiger partial charge in [-0.3, -0.25) is 0 Å². The van der Waals surface area contributed by atoms with Gasteiger partial charge < -0.3 is 4.23 Å². The molecule has 128 valence electrons. The van der Waals surface area contributed by atoms with E-state index in [0.29, 0.717) is 5.04 Å². The Morgan fingerprint density at radius 2 is 1.48 bits per heavy atom. The first kappa shape index (κ1) is 18.4. The SMILES string of the molecule is CC[B-](CC)(CC)c1cc2ccccc2n1[Si](C)(C)C(C)(C)C. The van der Waals surface area contributed by atoms with E-state index in [0.717, 1.165) is 0 Å². The number of benzene rings is 1. The molecular weight excluding hydrogens is 293 g/mol. The molecule has 1 aromatic heterocycles. The molecule has 0 saturated carbocycles. The molecule has 1 aromatic carbocycles. The summed E-state index contributed by atoms with van der Waals surface area (Å²) >= 11 is 0. The van der Waals surface area contributed by atoms with Crippen molar-refractivity contribution < 1.29 is 0 Å². The van der Waals surface area contributed by atoms with Gasteiger partial charge in [0.2, 0.25) is 0 Å². The quantitative estimate of drug-likeness (QED) is 0.575. The minimum atomic E-state index is -1.66. The van der Waals surface area contributed by atoms with Crippen molar-refractivity contribution in [2.75, 3.05) is 0 Å². The zero-order valence-corrected chi connectivity index (χ0v) is 17.5. The van der Waals surface area contributed by atoms with E-state index in [2.05, 4.69) is 89.2 Å². The van der Waals surface area contributed by atoms with Crippen molar-refractivity contribution in [3.63, 3.8) is 0 Å². The van der Waals surface area contributed by atoms with Crippen LogP contribution in [-0.2, 0) is 0 Å². The highest BCUT2D eigenvalue weighted by molar-refractivity contribution is 6.94. The molecule has 0 aliphatic carbocycles. The van der Waals surface area contributed by atoms with Gasteiger partial charge in [0.1, 0.15) is 0 Å². The summed E-state index contributed by atoms with van der Waals surface area (Å²) in [6.07, 6.45) is 3.36. The average molecular weight is 328 g/mol.